The molecule has 0 heterocycles. The second kappa shape index (κ2) is 7.27. The number of benzene rings is 1. The predicted octanol–water partition coefficient (Wildman–Crippen LogP) is 2.81. The molecule has 2 rings (SSSR count). The van der Waals surface area contributed by atoms with Crippen LogP contribution >= 0.6 is 15.9 Å². The van der Waals surface area contributed by atoms with Gasteiger partial charge in [0.2, 0.25) is 5.91 Å². The molecule has 0 aliphatic heterocycles. The van der Waals surface area contributed by atoms with E-state index in [-0.39, 0.29) is 11.3 Å². The molecule has 0 unspecified atom stereocenters. The topological polar surface area (TPSA) is 55.6 Å². The highest BCUT2D eigenvalue weighted by molar-refractivity contribution is 9.10. The largest absolute Gasteiger partial charge is 0.492 e. The van der Waals surface area contributed by atoms with Crippen LogP contribution in [0.1, 0.15) is 25.7 Å². The van der Waals surface area contributed by atoms with Crippen LogP contribution in [0.5, 0.6) is 5.75 Å². The van der Waals surface area contributed by atoms with Crippen LogP contribution in [0.4, 0.5) is 0 Å². The van der Waals surface area contributed by atoms with E-state index in [0.29, 0.717) is 26.1 Å². The maximum atomic E-state index is 12.2. The lowest BCUT2D eigenvalue weighted by atomic mass is 9.66. The molecule has 0 spiro atoms. The van der Waals surface area contributed by atoms with Crippen LogP contribution in [0, 0.1) is 5.41 Å². The standard InChI is InChI=1S/C16H23BrN2O2/c1-19(15(20)11-16(12-18)7-2-8-16)9-10-21-14-5-3-13(17)4-6-14/h3-6H,2,7-12,18H2,1H3. The number of rotatable bonds is 7. The smallest absolute Gasteiger partial charge is 0.223 e. The summed E-state index contributed by atoms with van der Waals surface area (Å²) in [6.45, 7) is 1.71. The Morgan fingerprint density at radius 2 is 2.05 bits per heavy atom. The Bertz CT molecular complexity index is 466. The zero-order valence-corrected chi connectivity index (χ0v) is 14.1. The number of carbonyl (C=O) groups excluding carboxylic acids is 1. The minimum absolute atomic E-state index is 0.0674. The van der Waals surface area contributed by atoms with Gasteiger partial charge in [-0.2, -0.15) is 0 Å². The van der Waals surface area contributed by atoms with E-state index in [1.54, 1.807) is 4.90 Å². The van der Waals surface area contributed by atoms with Gasteiger partial charge in [-0.1, -0.05) is 22.4 Å². The van der Waals surface area contributed by atoms with Crippen molar-refractivity contribution in [3.8, 4) is 5.75 Å². The Balaban J connectivity index is 1.72. The summed E-state index contributed by atoms with van der Waals surface area (Å²) in [6, 6.07) is 7.69. The van der Waals surface area contributed by atoms with Gasteiger partial charge in [0, 0.05) is 17.9 Å². The van der Waals surface area contributed by atoms with Crippen LogP contribution in [-0.2, 0) is 4.79 Å². The summed E-state index contributed by atoms with van der Waals surface area (Å²) >= 11 is 3.38. The lowest BCUT2D eigenvalue weighted by molar-refractivity contribution is -0.134. The first-order chi connectivity index (χ1) is 10.0. The molecule has 1 aromatic rings. The van der Waals surface area contributed by atoms with Crippen molar-refractivity contribution < 1.29 is 9.53 Å². The van der Waals surface area contributed by atoms with Crippen LogP contribution in [-0.4, -0.2) is 37.6 Å². The van der Waals surface area contributed by atoms with Crippen molar-refractivity contribution in [3.63, 3.8) is 0 Å². The fourth-order valence-corrected chi connectivity index (χ4v) is 2.81. The predicted molar refractivity (Wildman–Crippen MR) is 87.2 cm³/mol. The molecule has 1 aromatic carbocycles. The maximum Gasteiger partial charge on any atom is 0.223 e. The number of amides is 1. The van der Waals surface area contributed by atoms with Crippen molar-refractivity contribution in [3.05, 3.63) is 28.7 Å². The van der Waals surface area contributed by atoms with Gasteiger partial charge in [-0.3, -0.25) is 4.79 Å². The van der Waals surface area contributed by atoms with Gasteiger partial charge in [0.25, 0.3) is 0 Å². The summed E-state index contributed by atoms with van der Waals surface area (Å²) in [5, 5.41) is 0. The third-order valence-corrected chi connectivity index (χ3v) is 4.84. The third kappa shape index (κ3) is 4.45. The fourth-order valence-electron chi connectivity index (χ4n) is 2.54. The molecule has 1 fully saturated rings. The number of nitrogens with zero attached hydrogens (tertiary/aromatic N) is 1. The number of ether oxygens (including phenoxy) is 1. The molecule has 0 aromatic heterocycles. The highest BCUT2D eigenvalue weighted by atomic mass is 79.9. The highest BCUT2D eigenvalue weighted by Crippen LogP contribution is 2.43. The molecule has 5 heteroatoms. The van der Waals surface area contributed by atoms with E-state index in [0.717, 1.165) is 23.1 Å². The molecule has 1 saturated carbocycles. The van der Waals surface area contributed by atoms with Crippen molar-refractivity contribution in [2.75, 3.05) is 26.7 Å². The fraction of sp³-hybridized carbons (Fsp3) is 0.562. The van der Waals surface area contributed by atoms with E-state index in [1.165, 1.54) is 6.42 Å². The van der Waals surface area contributed by atoms with E-state index in [2.05, 4.69) is 15.9 Å². The quantitative estimate of drug-likeness (QED) is 0.818. The van der Waals surface area contributed by atoms with Gasteiger partial charge in [-0.15, -0.1) is 0 Å². The van der Waals surface area contributed by atoms with Crippen LogP contribution in [0.25, 0.3) is 0 Å². The number of hydrogen-bond acceptors (Lipinski definition) is 3. The molecular weight excluding hydrogens is 332 g/mol. The van der Waals surface area contributed by atoms with Gasteiger partial charge in [0.15, 0.2) is 0 Å². The van der Waals surface area contributed by atoms with E-state index < -0.39 is 0 Å². The molecule has 4 nitrogen and oxygen atoms in total. The zero-order valence-electron chi connectivity index (χ0n) is 12.5. The van der Waals surface area contributed by atoms with Crippen molar-refractivity contribution >= 4 is 21.8 Å². The first kappa shape index (κ1) is 16.3. The van der Waals surface area contributed by atoms with E-state index in [9.17, 15) is 4.79 Å². The summed E-state index contributed by atoms with van der Waals surface area (Å²) in [5.41, 5.74) is 5.87. The first-order valence-electron chi connectivity index (χ1n) is 7.37. The minimum Gasteiger partial charge on any atom is -0.492 e. The summed E-state index contributed by atoms with van der Waals surface area (Å²) in [5.74, 6) is 0.982. The van der Waals surface area contributed by atoms with Crippen molar-refractivity contribution in [2.45, 2.75) is 25.7 Å². The second-order valence-corrected chi connectivity index (χ2v) is 6.77. The van der Waals surface area contributed by atoms with Crippen molar-refractivity contribution in [2.24, 2.45) is 11.1 Å². The molecule has 0 radical (unpaired) electrons. The number of nitrogens with two attached hydrogens (primary N) is 1. The molecule has 1 aliphatic carbocycles. The van der Waals surface area contributed by atoms with Gasteiger partial charge in [-0.05, 0) is 49.1 Å². The highest BCUT2D eigenvalue weighted by Gasteiger charge is 2.38. The molecule has 0 bridgehead atoms. The average molecular weight is 355 g/mol. The number of hydrogen-bond donors (Lipinski definition) is 1. The summed E-state index contributed by atoms with van der Waals surface area (Å²) in [6.07, 6.45) is 3.93. The van der Waals surface area contributed by atoms with Gasteiger partial charge in [-0.25, -0.2) is 0 Å². The van der Waals surface area contributed by atoms with E-state index in [4.69, 9.17) is 10.5 Å². The maximum absolute atomic E-state index is 12.2. The zero-order chi connectivity index (χ0) is 15.3. The molecule has 21 heavy (non-hydrogen) atoms. The Labute approximate surface area is 134 Å². The average Bonchev–Trinajstić information content (AvgIpc) is 2.44. The number of carbonyl (C=O) groups is 1. The number of halogens is 1. The Morgan fingerprint density at radius 1 is 1.38 bits per heavy atom. The number of likely N-dealkylation sites (N-methyl/N-ethyl adjacent to an activating group) is 1. The second-order valence-electron chi connectivity index (χ2n) is 5.85. The monoisotopic (exact) mass is 354 g/mol. The lowest BCUT2D eigenvalue weighted by Gasteiger charge is -2.41. The molecule has 1 aliphatic rings. The van der Waals surface area contributed by atoms with Gasteiger partial charge in [0.1, 0.15) is 12.4 Å². The van der Waals surface area contributed by atoms with Crippen molar-refractivity contribution in [1.82, 2.24) is 4.90 Å². The Morgan fingerprint density at radius 3 is 2.57 bits per heavy atom. The third-order valence-electron chi connectivity index (χ3n) is 4.31. The van der Waals surface area contributed by atoms with Crippen LogP contribution < -0.4 is 10.5 Å². The summed E-state index contributed by atoms with van der Waals surface area (Å²) in [4.78, 5) is 14.0. The molecular formula is C16H23BrN2O2. The molecule has 0 saturated heterocycles. The Kier molecular flexibility index (Phi) is 5.65. The molecule has 1 amide bonds. The van der Waals surface area contributed by atoms with Crippen LogP contribution in [0.2, 0.25) is 0 Å². The summed E-state index contributed by atoms with van der Waals surface area (Å²) in [7, 11) is 1.83. The normalized spacial score (nSPS) is 16.1. The Hall–Kier alpha value is -1.07. The van der Waals surface area contributed by atoms with Gasteiger partial charge in [0.05, 0.1) is 6.54 Å². The SMILES string of the molecule is CN(CCOc1ccc(Br)cc1)C(=O)CC1(CN)CCC1. The van der Waals surface area contributed by atoms with Gasteiger partial charge < -0.3 is 15.4 Å². The van der Waals surface area contributed by atoms with Gasteiger partial charge >= 0.3 is 0 Å². The molecule has 2 N–H and O–H groups in total. The molecule has 0 atom stereocenters. The van der Waals surface area contributed by atoms with Crippen LogP contribution in [0.15, 0.2) is 28.7 Å². The first-order valence-corrected chi connectivity index (χ1v) is 8.16. The van der Waals surface area contributed by atoms with Crippen molar-refractivity contribution in [1.29, 1.82) is 0 Å². The van der Waals surface area contributed by atoms with E-state index >= 15 is 0 Å². The lowest BCUT2D eigenvalue weighted by Crippen LogP contribution is -2.43. The molecule has 116 valence electrons. The minimum atomic E-state index is 0.0674. The van der Waals surface area contributed by atoms with E-state index in [1.807, 2.05) is 31.3 Å². The summed E-state index contributed by atoms with van der Waals surface area (Å²) < 4.78 is 6.66. The van der Waals surface area contributed by atoms with Crippen LogP contribution in [0.3, 0.4) is 0 Å².